The summed E-state index contributed by atoms with van der Waals surface area (Å²) in [4.78, 5) is 61.8. The van der Waals surface area contributed by atoms with Crippen LogP contribution in [-0.4, -0.2) is 75.3 Å². The number of amides is 3. The van der Waals surface area contributed by atoms with E-state index < -0.39 is 60.8 Å². The van der Waals surface area contributed by atoms with Crippen molar-refractivity contribution in [3.63, 3.8) is 0 Å². The second-order valence-corrected chi connectivity index (χ2v) is 7.55. The molecule has 33 heavy (non-hydrogen) atoms. The first-order valence-corrected chi connectivity index (χ1v) is 10.5. The molecule has 178 valence electrons. The van der Waals surface area contributed by atoms with E-state index in [2.05, 4.69) is 33.6 Å². The molecule has 1 aromatic heterocycles. The van der Waals surface area contributed by atoms with Gasteiger partial charge in [0.15, 0.2) is 0 Å². The second kappa shape index (κ2) is 11.9. The molecule has 0 aliphatic heterocycles. The van der Waals surface area contributed by atoms with Gasteiger partial charge in [0.1, 0.15) is 12.1 Å². The number of para-hydroxylation sites is 1. The van der Waals surface area contributed by atoms with E-state index >= 15 is 0 Å². The fourth-order valence-corrected chi connectivity index (χ4v) is 3.26. The molecule has 0 spiro atoms. The Bertz CT molecular complexity index is 1040. The van der Waals surface area contributed by atoms with Gasteiger partial charge in [-0.2, -0.15) is 12.6 Å². The number of carboxylic acids is 2. The van der Waals surface area contributed by atoms with Gasteiger partial charge < -0.3 is 36.9 Å². The Balaban J connectivity index is 1.90. The average Bonchev–Trinajstić information content (AvgIpc) is 3.17. The molecule has 3 amide bonds. The van der Waals surface area contributed by atoms with E-state index in [0.717, 1.165) is 16.5 Å². The summed E-state index contributed by atoms with van der Waals surface area (Å²) in [6.07, 6.45) is 1.17. The largest absolute Gasteiger partial charge is 0.481 e. The number of benzene rings is 1. The number of hydrogen-bond donors (Lipinski definition) is 8. The fourth-order valence-electron chi connectivity index (χ4n) is 3.02. The number of aliphatic carboxylic acids is 2. The molecular weight excluding hydrogens is 454 g/mol. The summed E-state index contributed by atoms with van der Waals surface area (Å²) < 4.78 is 0. The summed E-state index contributed by atoms with van der Waals surface area (Å²) in [5.74, 6) is -5.46. The van der Waals surface area contributed by atoms with Crippen molar-refractivity contribution in [3.05, 3.63) is 36.0 Å². The Morgan fingerprint density at radius 3 is 2.36 bits per heavy atom. The predicted octanol–water partition coefficient (Wildman–Crippen LogP) is -1.39. The maximum Gasteiger partial charge on any atom is 0.327 e. The minimum Gasteiger partial charge on any atom is -0.481 e. The van der Waals surface area contributed by atoms with Gasteiger partial charge in [-0.3, -0.25) is 19.2 Å². The van der Waals surface area contributed by atoms with Crippen LogP contribution in [0.2, 0.25) is 0 Å². The Morgan fingerprint density at radius 2 is 1.73 bits per heavy atom. The molecule has 13 heteroatoms. The molecule has 8 N–H and O–H groups in total. The van der Waals surface area contributed by atoms with Gasteiger partial charge in [-0.1, -0.05) is 18.2 Å². The van der Waals surface area contributed by atoms with Crippen molar-refractivity contribution in [2.75, 3.05) is 12.3 Å². The molecule has 0 saturated carbocycles. The molecule has 1 aromatic carbocycles. The minimum absolute atomic E-state index is 0.210. The minimum atomic E-state index is -1.55. The number of carboxylic acid groups (broad SMARTS) is 2. The molecule has 3 unspecified atom stereocenters. The lowest BCUT2D eigenvalue weighted by atomic mass is 10.1. The number of nitrogens with one attached hydrogen (secondary N) is 4. The molecule has 0 aliphatic carbocycles. The van der Waals surface area contributed by atoms with Crippen molar-refractivity contribution in [1.82, 2.24) is 20.9 Å². The second-order valence-electron chi connectivity index (χ2n) is 7.19. The highest BCUT2D eigenvalue weighted by atomic mass is 32.1. The monoisotopic (exact) mass is 479 g/mol. The molecule has 12 nitrogen and oxygen atoms in total. The van der Waals surface area contributed by atoms with Gasteiger partial charge in [0, 0.05) is 22.9 Å². The van der Waals surface area contributed by atoms with Gasteiger partial charge in [0.2, 0.25) is 17.7 Å². The Hall–Kier alpha value is -3.58. The summed E-state index contributed by atoms with van der Waals surface area (Å²) in [6.45, 7) is -0.557. The van der Waals surface area contributed by atoms with Crippen molar-refractivity contribution in [3.8, 4) is 0 Å². The molecule has 2 rings (SSSR count). The number of carbonyl (C=O) groups excluding carboxylic acids is 3. The number of rotatable bonds is 12. The normalized spacial score (nSPS) is 13.5. The number of nitrogens with two attached hydrogens (primary N) is 1. The number of thiol groups is 1. The van der Waals surface area contributed by atoms with E-state index in [1.54, 1.807) is 6.20 Å². The molecule has 0 fully saturated rings. The summed E-state index contributed by atoms with van der Waals surface area (Å²) in [7, 11) is 0. The van der Waals surface area contributed by atoms with Gasteiger partial charge in [-0.15, -0.1) is 0 Å². The third-order valence-electron chi connectivity index (χ3n) is 4.70. The maximum atomic E-state index is 12.3. The highest BCUT2D eigenvalue weighted by Crippen LogP contribution is 2.18. The van der Waals surface area contributed by atoms with E-state index in [0.29, 0.717) is 0 Å². The van der Waals surface area contributed by atoms with Gasteiger partial charge in [-0.05, 0) is 18.1 Å². The highest BCUT2D eigenvalue weighted by Gasteiger charge is 2.28. The summed E-state index contributed by atoms with van der Waals surface area (Å²) in [5.41, 5.74) is 7.66. The fraction of sp³-hybridized carbons (Fsp3) is 0.350. The topological polar surface area (TPSA) is 204 Å². The lowest BCUT2D eigenvalue weighted by Crippen LogP contribution is -2.54. The van der Waals surface area contributed by atoms with E-state index in [4.69, 9.17) is 15.9 Å². The molecule has 3 atom stereocenters. The first kappa shape index (κ1) is 25.7. The third kappa shape index (κ3) is 7.50. The van der Waals surface area contributed by atoms with Crippen LogP contribution in [0.1, 0.15) is 12.0 Å². The first-order chi connectivity index (χ1) is 15.6. The molecule has 0 saturated heterocycles. The van der Waals surface area contributed by atoms with Crippen LogP contribution in [0.25, 0.3) is 10.9 Å². The van der Waals surface area contributed by atoms with Gasteiger partial charge in [0.25, 0.3) is 0 Å². The van der Waals surface area contributed by atoms with E-state index in [1.807, 2.05) is 24.3 Å². The van der Waals surface area contributed by atoms with Crippen LogP contribution < -0.4 is 21.7 Å². The molecule has 1 heterocycles. The Labute approximate surface area is 193 Å². The van der Waals surface area contributed by atoms with E-state index in [9.17, 15) is 24.0 Å². The van der Waals surface area contributed by atoms with Crippen LogP contribution in [0.5, 0.6) is 0 Å². The molecular formula is C20H25N5O7S. The molecule has 0 aliphatic rings. The van der Waals surface area contributed by atoms with Crippen LogP contribution >= 0.6 is 12.6 Å². The van der Waals surface area contributed by atoms with Crippen LogP contribution in [-0.2, 0) is 30.4 Å². The van der Waals surface area contributed by atoms with Gasteiger partial charge in [0.05, 0.1) is 19.0 Å². The quantitative estimate of drug-likeness (QED) is 0.170. The summed E-state index contributed by atoms with van der Waals surface area (Å²) in [5, 5.41) is 25.5. The number of aromatic nitrogens is 1. The maximum absolute atomic E-state index is 12.3. The number of fused-ring (bicyclic) bond motifs is 1. The van der Waals surface area contributed by atoms with Crippen LogP contribution in [0.4, 0.5) is 0 Å². The zero-order chi connectivity index (χ0) is 24.5. The number of carbonyl (C=O) groups is 5. The number of hydrogen-bond acceptors (Lipinski definition) is 7. The Morgan fingerprint density at radius 1 is 1.03 bits per heavy atom. The number of H-pyrrole nitrogens is 1. The van der Waals surface area contributed by atoms with Crippen molar-refractivity contribution < 1.29 is 34.2 Å². The van der Waals surface area contributed by atoms with Gasteiger partial charge in [-0.25, -0.2) is 4.79 Å². The van der Waals surface area contributed by atoms with Crippen LogP contribution in [0.15, 0.2) is 30.5 Å². The zero-order valence-corrected chi connectivity index (χ0v) is 18.3. The molecule has 2 aromatic rings. The van der Waals surface area contributed by atoms with Crippen LogP contribution in [0, 0.1) is 0 Å². The standard InChI is InChI=1S/C20H25N5O7S/c21-12(5-10-7-22-13-4-2-1-3-11(10)13)18(29)23-8-16(26)24-14(6-17(27)28)19(30)25-15(9-33)20(31)32/h1-4,7,12,14-15,22,33H,5-6,8-9,21H2,(H,23,29)(H,24,26)(H,25,30)(H,27,28)(H,31,32). The van der Waals surface area contributed by atoms with E-state index in [1.165, 1.54) is 0 Å². The summed E-state index contributed by atoms with van der Waals surface area (Å²) in [6, 6.07) is 3.62. The predicted molar refractivity (Wildman–Crippen MR) is 121 cm³/mol. The average molecular weight is 480 g/mol. The van der Waals surface area contributed by atoms with Gasteiger partial charge >= 0.3 is 11.9 Å². The van der Waals surface area contributed by atoms with Crippen molar-refractivity contribution in [1.29, 1.82) is 0 Å². The van der Waals surface area contributed by atoms with E-state index in [-0.39, 0.29) is 12.2 Å². The van der Waals surface area contributed by atoms with Crippen molar-refractivity contribution >= 4 is 53.2 Å². The van der Waals surface area contributed by atoms with Crippen LogP contribution in [0.3, 0.4) is 0 Å². The number of aromatic amines is 1. The Kier molecular flexibility index (Phi) is 9.24. The lowest BCUT2D eigenvalue weighted by molar-refractivity contribution is -0.143. The first-order valence-electron chi connectivity index (χ1n) is 9.85. The van der Waals surface area contributed by atoms with Crippen molar-refractivity contribution in [2.24, 2.45) is 5.73 Å². The SMILES string of the molecule is NC(Cc1c[nH]c2ccccc12)C(=O)NCC(=O)NC(CC(=O)O)C(=O)NC(CS)C(=O)O. The summed E-state index contributed by atoms with van der Waals surface area (Å²) >= 11 is 3.80. The zero-order valence-electron chi connectivity index (χ0n) is 17.4. The molecule has 0 radical (unpaired) electrons. The lowest BCUT2D eigenvalue weighted by Gasteiger charge is -2.20. The molecule has 0 bridgehead atoms. The smallest absolute Gasteiger partial charge is 0.327 e. The highest BCUT2D eigenvalue weighted by molar-refractivity contribution is 7.80. The van der Waals surface area contributed by atoms with Crippen molar-refractivity contribution in [2.45, 2.75) is 31.0 Å². The third-order valence-corrected chi connectivity index (χ3v) is 5.07.